The number of rotatable bonds is 5. The van der Waals surface area contributed by atoms with Gasteiger partial charge in [-0.15, -0.1) is 0 Å². The lowest BCUT2D eigenvalue weighted by Gasteiger charge is -2.19. The van der Waals surface area contributed by atoms with Crippen molar-refractivity contribution >= 4 is 38.6 Å². The second-order valence-electron chi connectivity index (χ2n) is 3.40. The van der Waals surface area contributed by atoms with Crippen LogP contribution in [0, 0.1) is 10.8 Å². The number of thioether (sulfide) groups is 1. The first-order chi connectivity index (χ1) is 5.90. The Kier molecular flexibility index (Phi) is 5.64. The van der Waals surface area contributed by atoms with E-state index in [9.17, 15) is 4.79 Å². The summed E-state index contributed by atoms with van der Waals surface area (Å²) in [7, 11) is 0. The van der Waals surface area contributed by atoms with Crippen molar-refractivity contribution in [3.05, 3.63) is 0 Å². The van der Waals surface area contributed by atoms with Gasteiger partial charge in [-0.3, -0.25) is 10.2 Å². The Bertz CT molecular complexity index is 206. The number of nitrogens with one attached hydrogen (secondary N) is 1. The molecule has 0 fully saturated rings. The third kappa shape index (κ3) is 5.31. The van der Waals surface area contributed by atoms with E-state index in [1.54, 1.807) is 0 Å². The molecule has 0 bridgehead atoms. The molecule has 5 heteroatoms. The van der Waals surface area contributed by atoms with Crippen LogP contribution in [0.3, 0.4) is 0 Å². The van der Waals surface area contributed by atoms with E-state index >= 15 is 0 Å². The molecule has 0 radical (unpaired) electrons. The van der Waals surface area contributed by atoms with Crippen molar-refractivity contribution in [2.75, 3.05) is 11.1 Å². The van der Waals surface area contributed by atoms with Gasteiger partial charge in [-0.05, 0) is 0 Å². The summed E-state index contributed by atoms with van der Waals surface area (Å²) in [5.74, 6) is 0.808. The number of halogens is 1. The van der Waals surface area contributed by atoms with Crippen LogP contribution in [0.15, 0.2) is 0 Å². The fourth-order valence-electron chi connectivity index (χ4n) is 0.667. The molecule has 0 atom stereocenters. The Morgan fingerprint density at radius 2 is 2.15 bits per heavy atom. The van der Waals surface area contributed by atoms with Crippen LogP contribution in [0.25, 0.3) is 0 Å². The lowest BCUT2D eigenvalue weighted by molar-refractivity contribution is -0.125. The summed E-state index contributed by atoms with van der Waals surface area (Å²) in [5, 5.41) is 7.70. The molecule has 3 N–H and O–H groups in total. The van der Waals surface area contributed by atoms with E-state index in [1.807, 2.05) is 13.8 Å². The number of alkyl halides is 1. The van der Waals surface area contributed by atoms with Gasteiger partial charge in [0.2, 0.25) is 0 Å². The third-order valence-corrected chi connectivity index (χ3v) is 3.80. The first kappa shape index (κ1) is 13.0. The second-order valence-corrected chi connectivity index (χ2v) is 5.10. The van der Waals surface area contributed by atoms with Gasteiger partial charge in [0.15, 0.2) is 5.17 Å². The molecule has 0 aromatic carbocycles. The average Bonchev–Trinajstić information content (AvgIpc) is 2.03. The summed E-state index contributed by atoms with van der Waals surface area (Å²) in [5.41, 5.74) is 4.84. The number of ketones is 1. The molecule has 0 spiro atoms. The normalized spacial score (nSPS) is 11.3. The first-order valence-electron chi connectivity index (χ1n) is 3.96. The highest BCUT2D eigenvalue weighted by Crippen LogP contribution is 2.22. The Morgan fingerprint density at radius 3 is 2.54 bits per heavy atom. The van der Waals surface area contributed by atoms with E-state index in [1.165, 1.54) is 11.8 Å². The van der Waals surface area contributed by atoms with E-state index in [0.717, 1.165) is 0 Å². The fraction of sp³-hybridized carbons (Fsp3) is 0.750. The number of Topliss-reactive ketones (excluding diaryl/α,β-unsaturated/α-hetero) is 1. The van der Waals surface area contributed by atoms with Gasteiger partial charge in [-0.2, -0.15) is 0 Å². The summed E-state index contributed by atoms with van der Waals surface area (Å²) in [4.78, 5) is 11.5. The minimum Gasteiger partial charge on any atom is -0.379 e. The zero-order valence-corrected chi connectivity index (χ0v) is 10.3. The third-order valence-electron chi connectivity index (χ3n) is 1.68. The SMILES string of the molecule is CC(C)(CBr)C(=O)CCSC(=N)N. The van der Waals surface area contributed by atoms with Crippen LogP contribution in [-0.2, 0) is 4.79 Å². The molecular formula is C8H15BrN2OS. The van der Waals surface area contributed by atoms with Gasteiger partial charge in [0.05, 0.1) is 0 Å². The largest absolute Gasteiger partial charge is 0.379 e. The number of nitrogens with two attached hydrogens (primary N) is 1. The summed E-state index contributed by atoms with van der Waals surface area (Å²) < 4.78 is 0. The maximum absolute atomic E-state index is 11.5. The van der Waals surface area contributed by atoms with Gasteiger partial charge in [0, 0.05) is 22.9 Å². The molecular weight excluding hydrogens is 252 g/mol. The van der Waals surface area contributed by atoms with Crippen molar-refractivity contribution in [3.63, 3.8) is 0 Å². The van der Waals surface area contributed by atoms with Gasteiger partial charge in [0.1, 0.15) is 5.78 Å². The van der Waals surface area contributed by atoms with E-state index in [2.05, 4.69) is 15.9 Å². The van der Waals surface area contributed by atoms with Gasteiger partial charge < -0.3 is 5.73 Å². The van der Waals surface area contributed by atoms with Crippen molar-refractivity contribution in [2.24, 2.45) is 11.1 Å². The highest BCUT2D eigenvalue weighted by molar-refractivity contribution is 9.09. The highest BCUT2D eigenvalue weighted by Gasteiger charge is 2.25. The van der Waals surface area contributed by atoms with Crippen LogP contribution in [0.5, 0.6) is 0 Å². The molecule has 0 aromatic rings. The van der Waals surface area contributed by atoms with Crippen molar-refractivity contribution < 1.29 is 4.79 Å². The van der Waals surface area contributed by atoms with Crippen LogP contribution >= 0.6 is 27.7 Å². The lowest BCUT2D eigenvalue weighted by atomic mass is 9.89. The van der Waals surface area contributed by atoms with Gasteiger partial charge in [-0.1, -0.05) is 41.5 Å². The number of hydrogen-bond donors (Lipinski definition) is 2. The summed E-state index contributed by atoms with van der Waals surface area (Å²) in [6, 6.07) is 0. The molecule has 0 amide bonds. The van der Waals surface area contributed by atoms with E-state index < -0.39 is 0 Å². The van der Waals surface area contributed by atoms with Crippen LogP contribution in [-0.4, -0.2) is 22.0 Å². The number of carbonyl (C=O) groups is 1. The molecule has 0 aliphatic carbocycles. The standard InChI is InChI=1S/C8H15BrN2OS/c1-8(2,5-9)6(12)3-4-13-7(10)11/h3-5H2,1-2H3,(H3,10,11). The maximum atomic E-state index is 11.5. The molecule has 13 heavy (non-hydrogen) atoms. The minimum absolute atomic E-state index is 0.0736. The Labute approximate surface area is 91.5 Å². The predicted octanol–water partition coefficient (Wildman–Crippen LogP) is 1.99. The number of carbonyl (C=O) groups excluding carboxylic acids is 1. The van der Waals surface area contributed by atoms with E-state index in [-0.39, 0.29) is 16.4 Å². The zero-order chi connectivity index (χ0) is 10.5. The van der Waals surface area contributed by atoms with Crippen LogP contribution in [0.4, 0.5) is 0 Å². The van der Waals surface area contributed by atoms with Crippen LogP contribution < -0.4 is 5.73 Å². The van der Waals surface area contributed by atoms with E-state index in [4.69, 9.17) is 11.1 Å². The molecule has 76 valence electrons. The van der Waals surface area contributed by atoms with Crippen molar-refractivity contribution in [2.45, 2.75) is 20.3 Å². The minimum atomic E-state index is -0.308. The lowest BCUT2D eigenvalue weighted by Crippen LogP contribution is -2.26. The Balaban J connectivity index is 3.81. The van der Waals surface area contributed by atoms with Gasteiger partial charge >= 0.3 is 0 Å². The molecule has 0 unspecified atom stereocenters. The van der Waals surface area contributed by atoms with Crippen molar-refractivity contribution in [3.8, 4) is 0 Å². The number of amidine groups is 1. The van der Waals surface area contributed by atoms with Crippen LogP contribution in [0.2, 0.25) is 0 Å². The second kappa shape index (κ2) is 5.65. The zero-order valence-electron chi connectivity index (χ0n) is 7.89. The highest BCUT2D eigenvalue weighted by atomic mass is 79.9. The molecule has 0 saturated heterocycles. The molecule has 0 aliphatic rings. The van der Waals surface area contributed by atoms with Gasteiger partial charge in [0.25, 0.3) is 0 Å². The van der Waals surface area contributed by atoms with Gasteiger partial charge in [-0.25, -0.2) is 0 Å². The van der Waals surface area contributed by atoms with Crippen LogP contribution in [0.1, 0.15) is 20.3 Å². The first-order valence-corrected chi connectivity index (χ1v) is 6.07. The smallest absolute Gasteiger partial charge is 0.151 e. The molecule has 0 aromatic heterocycles. The van der Waals surface area contributed by atoms with Crippen molar-refractivity contribution in [1.29, 1.82) is 5.41 Å². The van der Waals surface area contributed by atoms with Crippen molar-refractivity contribution in [1.82, 2.24) is 0 Å². The monoisotopic (exact) mass is 266 g/mol. The molecule has 0 saturated carbocycles. The molecule has 0 rings (SSSR count). The molecule has 0 heterocycles. The van der Waals surface area contributed by atoms with E-state index in [0.29, 0.717) is 17.5 Å². The predicted molar refractivity (Wildman–Crippen MR) is 61.6 cm³/mol. The summed E-state index contributed by atoms with van der Waals surface area (Å²) in [6.07, 6.45) is 0.475. The number of hydrogen-bond acceptors (Lipinski definition) is 3. The Morgan fingerprint density at radius 1 is 1.62 bits per heavy atom. The summed E-state index contributed by atoms with van der Waals surface area (Å²) in [6.45, 7) is 3.81. The summed E-state index contributed by atoms with van der Waals surface area (Å²) >= 11 is 4.51. The molecule has 3 nitrogen and oxygen atoms in total. The fourth-order valence-corrected chi connectivity index (χ4v) is 1.49. The topological polar surface area (TPSA) is 66.9 Å². The average molecular weight is 267 g/mol. The quantitative estimate of drug-likeness (QED) is 0.455. The Hall–Kier alpha value is -0.0300. The maximum Gasteiger partial charge on any atom is 0.151 e. The molecule has 0 aliphatic heterocycles.